The molecule has 0 aliphatic carbocycles. The van der Waals surface area contributed by atoms with E-state index < -0.39 is 5.91 Å². The monoisotopic (exact) mass is 276 g/mol. The zero-order valence-corrected chi connectivity index (χ0v) is 10.8. The van der Waals surface area contributed by atoms with E-state index in [2.05, 4.69) is 10.5 Å². The van der Waals surface area contributed by atoms with Gasteiger partial charge in [0.25, 0.3) is 5.91 Å². The van der Waals surface area contributed by atoms with Crippen molar-refractivity contribution in [1.82, 2.24) is 5.43 Å². The van der Waals surface area contributed by atoms with Gasteiger partial charge in [-0.1, -0.05) is 0 Å². The fourth-order valence-electron chi connectivity index (χ4n) is 1.40. The summed E-state index contributed by atoms with van der Waals surface area (Å²) in [5.41, 5.74) is 2.89. The molecule has 6 heteroatoms. The van der Waals surface area contributed by atoms with E-state index in [1.165, 1.54) is 30.5 Å². The fraction of sp³-hybridized carbons (Fsp3) is 0.143. The van der Waals surface area contributed by atoms with Gasteiger partial charge in [0, 0.05) is 0 Å². The zero-order chi connectivity index (χ0) is 14.4. The maximum atomic E-state index is 12.7. The topological polar surface area (TPSA) is 63.8 Å². The molecule has 0 bridgehead atoms. The molecular formula is C14H13FN2O3. The summed E-state index contributed by atoms with van der Waals surface area (Å²) in [5.74, 6) is 0.207. The van der Waals surface area contributed by atoms with Gasteiger partial charge in [0.1, 0.15) is 23.0 Å². The van der Waals surface area contributed by atoms with Crippen molar-refractivity contribution in [2.75, 3.05) is 6.61 Å². The number of nitrogens with zero attached hydrogens (tertiary/aromatic N) is 1. The lowest BCUT2D eigenvalue weighted by atomic mass is 10.3. The molecule has 104 valence electrons. The maximum absolute atomic E-state index is 12.7. The van der Waals surface area contributed by atoms with E-state index in [1.54, 1.807) is 19.1 Å². The average molecular weight is 276 g/mol. The Labute approximate surface area is 115 Å². The van der Waals surface area contributed by atoms with Crippen LogP contribution in [0.5, 0.6) is 5.75 Å². The van der Waals surface area contributed by atoms with Gasteiger partial charge in [0.2, 0.25) is 0 Å². The van der Waals surface area contributed by atoms with E-state index in [-0.39, 0.29) is 12.4 Å². The third-order valence-electron chi connectivity index (χ3n) is 2.41. The molecule has 1 aromatic carbocycles. The van der Waals surface area contributed by atoms with Crippen LogP contribution in [0.1, 0.15) is 12.7 Å². The Kier molecular flexibility index (Phi) is 4.49. The van der Waals surface area contributed by atoms with Gasteiger partial charge >= 0.3 is 0 Å². The first-order chi connectivity index (χ1) is 9.65. The summed E-state index contributed by atoms with van der Waals surface area (Å²) in [7, 11) is 0. The molecule has 1 aromatic heterocycles. The van der Waals surface area contributed by atoms with Crippen molar-refractivity contribution in [2.45, 2.75) is 6.92 Å². The van der Waals surface area contributed by atoms with Crippen molar-refractivity contribution < 1.29 is 18.3 Å². The van der Waals surface area contributed by atoms with Crippen molar-refractivity contribution in [1.29, 1.82) is 0 Å². The van der Waals surface area contributed by atoms with Gasteiger partial charge in [-0.25, -0.2) is 9.82 Å². The van der Waals surface area contributed by atoms with Crippen molar-refractivity contribution in [2.24, 2.45) is 5.10 Å². The minimum Gasteiger partial charge on any atom is -0.484 e. The minimum absolute atomic E-state index is 0.208. The van der Waals surface area contributed by atoms with Crippen molar-refractivity contribution in [3.05, 3.63) is 54.2 Å². The highest BCUT2D eigenvalue weighted by atomic mass is 19.1. The van der Waals surface area contributed by atoms with Crippen LogP contribution in [0.2, 0.25) is 0 Å². The lowest BCUT2D eigenvalue weighted by molar-refractivity contribution is -0.123. The Hall–Kier alpha value is -2.63. The molecule has 1 amide bonds. The number of benzene rings is 1. The predicted molar refractivity (Wildman–Crippen MR) is 71.0 cm³/mol. The van der Waals surface area contributed by atoms with Crippen LogP contribution in [0.25, 0.3) is 0 Å². The quantitative estimate of drug-likeness (QED) is 0.673. The number of hydrogen-bond acceptors (Lipinski definition) is 4. The minimum atomic E-state index is -0.416. The van der Waals surface area contributed by atoms with E-state index in [0.29, 0.717) is 17.2 Å². The Morgan fingerprint density at radius 2 is 2.10 bits per heavy atom. The van der Waals surface area contributed by atoms with Crippen molar-refractivity contribution >= 4 is 11.6 Å². The summed E-state index contributed by atoms with van der Waals surface area (Å²) >= 11 is 0. The molecule has 0 saturated heterocycles. The number of rotatable bonds is 5. The summed E-state index contributed by atoms with van der Waals surface area (Å²) < 4.78 is 23.0. The SMILES string of the molecule is CC(=NNC(=O)COc1ccc(F)cc1)c1ccco1. The van der Waals surface area contributed by atoms with Crippen LogP contribution in [-0.4, -0.2) is 18.2 Å². The van der Waals surface area contributed by atoms with Gasteiger partial charge in [0.15, 0.2) is 6.61 Å². The highest BCUT2D eigenvalue weighted by molar-refractivity contribution is 5.96. The van der Waals surface area contributed by atoms with Crippen LogP contribution in [-0.2, 0) is 4.79 Å². The number of halogens is 1. The van der Waals surface area contributed by atoms with E-state index in [0.717, 1.165) is 0 Å². The summed E-state index contributed by atoms with van der Waals surface area (Å²) in [6.45, 7) is 1.50. The van der Waals surface area contributed by atoms with E-state index in [9.17, 15) is 9.18 Å². The van der Waals surface area contributed by atoms with Crippen molar-refractivity contribution in [3.63, 3.8) is 0 Å². The molecule has 2 rings (SSSR count). The lowest BCUT2D eigenvalue weighted by Crippen LogP contribution is -2.25. The second kappa shape index (κ2) is 6.51. The van der Waals surface area contributed by atoms with Crippen molar-refractivity contribution in [3.8, 4) is 5.75 Å². The molecule has 0 atom stereocenters. The number of hydrazone groups is 1. The van der Waals surface area contributed by atoms with Gasteiger partial charge in [0.05, 0.1) is 6.26 Å². The molecule has 0 aliphatic heterocycles. The highest BCUT2D eigenvalue weighted by Crippen LogP contribution is 2.10. The highest BCUT2D eigenvalue weighted by Gasteiger charge is 2.04. The molecule has 0 saturated carbocycles. The van der Waals surface area contributed by atoms with Gasteiger partial charge in [-0.05, 0) is 43.3 Å². The Balaban J connectivity index is 1.81. The van der Waals surface area contributed by atoms with Crippen LogP contribution in [0.15, 0.2) is 52.2 Å². The number of carbonyl (C=O) groups is 1. The Morgan fingerprint density at radius 1 is 1.35 bits per heavy atom. The molecule has 5 nitrogen and oxygen atoms in total. The van der Waals surface area contributed by atoms with Gasteiger partial charge in [-0.15, -0.1) is 0 Å². The molecule has 0 fully saturated rings. The Bertz CT molecular complexity index is 591. The third-order valence-corrected chi connectivity index (χ3v) is 2.41. The number of carbonyl (C=O) groups excluding carboxylic acids is 1. The molecule has 0 unspecified atom stereocenters. The van der Waals surface area contributed by atoms with Gasteiger partial charge in [-0.2, -0.15) is 5.10 Å². The molecular weight excluding hydrogens is 263 g/mol. The number of nitrogens with one attached hydrogen (secondary N) is 1. The molecule has 2 aromatic rings. The largest absolute Gasteiger partial charge is 0.484 e. The molecule has 20 heavy (non-hydrogen) atoms. The first-order valence-electron chi connectivity index (χ1n) is 5.90. The number of furan rings is 1. The second-order valence-electron chi connectivity index (χ2n) is 3.95. The van der Waals surface area contributed by atoms with Crippen LogP contribution in [0, 0.1) is 5.82 Å². The normalized spacial score (nSPS) is 11.2. The fourth-order valence-corrected chi connectivity index (χ4v) is 1.40. The first kappa shape index (κ1) is 13.8. The summed E-state index contributed by atoms with van der Waals surface area (Å²) in [5, 5.41) is 3.88. The molecule has 0 aliphatic rings. The predicted octanol–water partition coefficient (Wildman–Crippen LogP) is 2.34. The van der Waals surface area contributed by atoms with E-state index >= 15 is 0 Å². The van der Waals surface area contributed by atoms with Gasteiger partial charge < -0.3 is 9.15 Å². The van der Waals surface area contributed by atoms with Crippen LogP contribution in [0.3, 0.4) is 0 Å². The molecule has 1 N–H and O–H groups in total. The average Bonchev–Trinajstić information content (AvgIpc) is 2.98. The third kappa shape index (κ3) is 3.94. The summed E-state index contributed by atoms with van der Waals surface area (Å²) in [4.78, 5) is 11.5. The number of ether oxygens (including phenoxy) is 1. The van der Waals surface area contributed by atoms with E-state index in [4.69, 9.17) is 9.15 Å². The lowest BCUT2D eigenvalue weighted by Gasteiger charge is -2.05. The first-order valence-corrected chi connectivity index (χ1v) is 5.90. The molecule has 0 spiro atoms. The van der Waals surface area contributed by atoms with E-state index in [1.807, 2.05) is 0 Å². The molecule has 1 heterocycles. The molecule has 0 radical (unpaired) electrons. The van der Waals surface area contributed by atoms with Crippen LogP contribution >= 0.6 is 0 Å². The van der Waals surface area contributed by atoms with Crippen LogP contribution in [0.4, 0.5) is 4.39 Å². The summed E-state index contributed by atoms with van der Waals surface area (Å²) in [6.07, 6.45) is 1.52. The zero-order valence-electron chi connectivity index (χ0n) is 10.8. The van der Waals surface area contributed by atoms with Crippen LogP contribution < -0.4 is 10.2 Å². The Morgan fingerprint density at radius 3 is 2.75 bits per heavy atom. The second-order valence-corrected chi connectivity index (χ2v) is 3.95. The number of amides is 1. The smallest absolute Gasteiger partial charge is 0.277 e. The maximum Gasteiger partial charge on any atom is 0.277 e. The number of hydrogen-bond donors (Lipinski definition) is 1. The van der Waals surface area contributed by atoms with Gasteiger partial charge in [-0.3, -0.25) is 4.79 Å². The summed E-state index contributed by atoms with van der Waals surface area (Å²) in [6, 6.07) is 8.87. The standard InChI is InChI=1S/C14H13FN2O3/c1-10(13-3-2-8-19-13)16-17-14(18)9-20-12-6-4-11(15)5-7-12/h2-8H,9H2,1H3,(H,17,18).